The van der Waals surface area contributed by atoms with Crippen LogP contribution in [-0.4, -0.2) is 24.8 Å². The van der Waals surface area contributed by atoms with Gasteiger partial charge in [-0.2, -0.15) is 0 Å². The molecule has 1 N–H and O–H groups in total. The number of hydrogen-bond donors (Lipinski definition) is 1. The van der Waals surface area contributed by atoms with Gasteiger partial charge in [-0.1, -0.05) is 47.0 Å². The predicted octanol–water partition coefficient (Wildman–Crippen LogP) is 4.53. The summed E-state index contributed by atoms with van der Waals surface area (Å²) in [5, 5.41) is 3.79. The normalized spacial score (nSPS) is 37.8. The van der Waals surface area contributed by atoms with E-state index in [0.717, 1.165) is 12.5 Å². The lowest BCUT2D eigenvalue weighted by molar-refractivity contribution is -0.0918. The van der Waals surface area contributed by atoms with Gasteiger partial charge in [-0.15, -0.1) is 0 Å². The second kappa shape index (κ2) is 7.26. The summed E-state index contributed by atoms with van der Waals surface area (Å²) >= 11 is 0. The maximum absolute atomic E-state index is 6.59. The van der Waals surface area contributed by atoms with Crippen LogP contribution in [0.5, 0.6) is 0 Å². The highest BCUT2D eigenvalue weighted by Gasteiger charge is 2.40. The first-order valence-corrected chi connectivity index (χ1v) is 8.91. The minimum atomic E-state index is 0.373. The van der Waals surface area contributed by atoms with Gasteiger partial charge in [-0.25, -0.2) is 0 Å². The Bertz CT molecular complexity index is 289. The molecular formula is C18H35NO. The molecule has 2 heteroatoms. The van der Waals surface area contributed by atoms with Gasteiger partial charge in [0.05, 0.1) is 12.2 Å². The smallest absolute Gasteiger partial charge is 0.0737 e. The molecule has 0 aromatic heterocycles. The summed E-state index contributed by atoms with van der Waals surface area (Å²) < 4.78 is 6.59. The summed E-state index contributed by atoms with van der Waals surface area (Å²) in [7, 11) is 0. The third-order valence-corrected chi connectivity index (χ3v) is 5.39. The second-order valence-corrected chi connectivity index (χ2v) is 7.88. The van der Waals surface area contributed by atoms with Crippen molar-refractivity contribution in [1.29, 1.82) is 0 Å². The van der Waals surface area contributed by atoms with E-state index in [1.165, 1.54) is 51.4 Å². The van der Waals surface area contributed by atoms with E-state index in [2.05, 4.69) is 33.0 Å². The van der Waals surface area contributed by atoms with Gasteiger partial charge < -0.3 is 10.1 Å². The largest absolute Gasteiger partial charge is 0.373 e. The zero-order valence-electron chi connectivity index (χ0n) is 14.1. The van der Waals surface area contributed by atoms with E-state index in [9.17, 15) is 0 Å². The highest BCUT2D eigenvalue weighted by atomic mass is 16.5. The van der Waals surface area contributed by atoms with Crippen molar-refractivity contribution in [1.82, 2.24) is 5.32 Å². The number of nitrogens with one attached hydrogen (secondary N) is 1. The summed E-state index contributed by atoms with van der Waals surface area (Å²) in [5.74, 6) is 0.854. The molecule has 4 atom stereocenters. The van der Waals surface area contributed by atoms with E-state index in [0.29, 0.717) is 23.7 Å². The third kappa shape index (κ3) is 4.21. The fourth-order valence-electron chi connectivity index (χ4n) is 4.19. The highest BCUT2D eigenvalue weighted by Crippen LogP contribution is 2.38. The molecule has 20 heavy (non-hydrogen) atoms. The lowest BCUT2D eigenvalue weighted by Gasteiger charge is -2.46. The molecule has 2 fully saturated rings. The first kappa shape index (κ1) is 16.3. The molecule has 0 saturated heterocycles. The lowest BCUT2D eigenvalue weighted by atomic mass is 9.71. The molecule has 0 amide bonds. The average Bonchev–Trinajstić information content (AvgIpc) is 2.37. The van der Waals surface area contributed by atoms with Gasteiger partial charge in [-0.05, 0) is 50.0 Å². The Morgan fingerprint density at radius 2 is 1.95 bits per heavy atom. The molecular weight excluding hydrogens is 246 g/mol. The standard InChI is InChI=1S/C18H35NO/c1-5-12-19-17-16(10-7-11-18(17,3)4)20-15-9-6-8-14(2)13-15/h14-17,19H,5-13H2,1-4H3. The Balaban J connectivity index is 1.95. The molecule has 0 heterocycles. The summed E-state index contributed by atoms with van der Waals surface area (Å²) in [4.78, 5) is 0. The zero-order valence-corrected chi connectivity index (χ0v) is 14.1. The molecule has 0 radical (unpaired) electrons. The Labute approximate surface area is 126 Å². The maximum Gasteiger partial charge on any atom is 0.0737 e. The van der Waals surface area contributed by atoms with E-state index < -0.39 is 0 Å². The van der Waals surface area contributed by atoms with Crippen molar-refractivity contribution < 1.29 is 4.74 Å². The van der Waals surface area contributed by atoms with Gasteiger partial charge in [0.2, 0.25) is 0 Å². The van der Waals surface area contributed by atoms with E-state index in [4.69, 9.17) is 4.74 Å². The quantitative estimate of drug-likeness (QED) is 0.799. The van der Waals surface area contributed by atoms with Crippen molar-refractivity contribution >= 4 is 0 Å². The third-order valence-electron chi connectivity index (χ3n) is 5.39. The van der Waals surface area contributed by atoms with Crippen molar-refractivity contribution in [3.05, 3.63) is 0 Å². The Kier molecular flexibility index (Phi) is 5.92. The Morgan fingerprint density at radius 3 is 2.65 bits per heavy atom. The lowest BCUT2D eigenvalue weighted by Crippen LogP contribution is -2.54. The van der Waals surface area contributed by atoms with Crippen molar-refractivity contribution in [3.8, 4) is 0 Å². The molecule has 2 nitrogen and oxygen atoms in total. The van der Waals surface area contributed by atoms with E-state index in [-0.39, 0.29) is 0 Å². The predicted molar refractivity (Wildman–Crippen MR) is 86.0 cm³/mol. The number of hydrogen-bond acceptors (Lipinski definition) is 2. The Hall–Kier alpha value is -0.0800. The molecule has 0 aromatic carbocycles. The van der Waals surface area contributed by atoms with Gasteiger partial charge in [0.1, 0.15) is 0 Å². The molecule has 2 aliphatic carbocycles. The molecule has 0 spiro atoms. The van der Waals surface area contributed by atoms with Crippen molar-refractivity contribution in [3.63, 3.8) is 0 Å². The summed E-state index contributed by atoms with van der Waals surface area (Å²) in [6, 6.07) is 0.536. The van der Waals surface area contributed by atoms with Crippen LogP contribution < -0.4 is 5.32 Å². The van der Waals surface area contributed by atoms with Gasteiger partial charge in [0, 0.05) is 6.04 Å². The maximum atomic E-state index is 6.59. The second-order valence-electron chi connectivity index (χ2n) is 7.88. The summed E-state index contributed by atoms with van der Waals surface area (Å²) in [6.45, 7) is 10.6. The van der Waals surface area contributed by atoms with E-state index in [1.807, 2.05) is 0 Å². The van der Waals surface area contributed by atoms with Crippen LogP contribution >= 0.6 is 0 Å². The topological polar surface area (TPSA) is 21.3 Å². The molecule has 2 aliphatic rings. The summed E-state index contributed by atoms with van der Waals surface area (Å²) in [5.41, 5.74) is 0.373. The zero-order chi connectivity index (χ0) is 14.6. The van der Waals surface area contributed by atoms with Crippen LogP contribution in [0.2, 0.25) is 0 Å². The summed E-state index contributed by atoms with van der Waals surface area (Å²) in [6.07, 6.45) is 11.4. The van der Waals surface area contributed by atoms with Crippen molar-refractivity contribution in [2.45, 2.75) is 97.3 Å². The SMILES string of the molecule is CCCNC1C(OC2CCCC(C)C2)CCCC1(C)C. The number of rotatable bonds is 5. The van der Waals surface area contributed by atoms with Crippen LogP contribution in [-0.2, 0) is 4.74 Å². The average molecular weight is 281 g/mol. The molecule has 0 bridgehead atoms. The fraction of sp³-hybridized carbons (Fsp3) is 1.00. The van der Waals surface area contributed by atoms with Gasteiger partial charge in [-0.3, -0.25) is 0 Å². The van der Waals surface area contributed by atoms with E-state index in [1.54, 1.807) is 0 Å². The van der Waals surface area contributed by atoms with Crippen LogP contribution in [0.3, 0.4) is 0 Å². The van der Waals surface area contributed by atoms with Crippen LogP contribution in [0.15, 0.2) is 0 Å². The monoisotopic (exact) mass is 281 g/mol. The first-order chi connectivity index (χ1) is 9.53. The van der Waals surface area contributed by atoms with Gasteiger partial charge >= 0.3 is 0 Å². The molecule has 118 valence electrons. The molecule has 2 rings (SSSR count). The van der Waals surface area contributed by atoms with E-state index >= 15 is 0 Å². The van der Waals surface area contributed by atoms with Crippen molar-refractivity contribution in [2.75, 3.05) is 6.54 Å². The molecule has 2 saturated carbocycles. The number of ether oxygens (including phenoxy) is 1. The van der Waals surface area contributed by atoms with Crippen LogP contribution in [0.25, 0.3) is 0 Å². The van der Waals surface area contributed by atoms with Crippen LogP contribution in [0.4, 0.5) is 0 Å². The Morgan fingerprint density at radius 1 is 1.15 bits per heavy atom. The highest BCUT2D eigenvalue weighted by molar-refractivity contribution is 4.95. The van der Waals surface area contributed by atoms with Gasteiger partial charge in [0.15, 0.2) is 0 Å². The minimum absolute atomic E-state index is 0.373. The van der Waals surface area contributed by atoms with Crippen LogP contribution in [0, 0.1) is 11.3 Å². The molecule has 0 aliphatic heterocycles. The van der Waals surface area contributed by atoms with Crippen LogP contribution in [0.1, 0.15) is 79.1 Å². The first-order valence-electron chi connectivity index (χ1n) is 8.91. The fourth-order valence-corrected chi connectivity index (χ4v) is 4.19. The molecule has 0 aromatic rings. The van der Waals surface area contributed by atoms with Crippen molar-refractivity contribution in [2.24, 2.45) is 11.3 Å². The minimum Gasteiger partial charge on any atom is -0.373 e. The van der Waals surface area contributed by atoms with Gasteiger partial charge in [0.25, 0.3) is 0 Å². The molecule has 4 unspecified atom stereocenters.